The zero-order valence-corrected chi connectivity index (χ0v) is 10.8. The van der Waals surface area contributed by atoms with Gasteiger partial charge in [0.25, 0.3) is 5.91 Å². The second-order valence-electron chi connectivity index (χ2n) is 2.55. The number of carbonyl (C=O) groups is 2. The number of amides is 3. The van der Waals surface area contributed by atoms with Crippen LogP contribution in [-0.4, -0.2) is 32.9 Å². The summed E-state index contributed by atoms with van der Waals surface area (Å²) < 4.78 is 0. The highest BCUT2D eigenvalue weighted by molar-refractivity contribution is 6.32. The van der Waals surface area contributed by atoms with Crippen LogP contribution in [0.5, 0.6) is 0 Å². The van der Waals surface area contributed by atoms with Crippen molar-refractivity contribution >= 4 is 41.8 Å². The van der Waals surface area contributed by atoms with Crippen molar-refractivity contribution in [1.82, 2.24) is 15.4 Å². The Kier molecular flexibility index (Phi) is 10.9. The molecule has 0 saturated carbocycles. The Morgan fingerprint density at radius 3 is 2.26 bits per heavy atom. The second kappa shape index (κ2) is 9.21. The van der Waals surface area contributed by atoms with Crippen LogP contribution in [0.15, 0.2) is 6.20 Å². The molecule has 110 valence electrons. The molecule has 0 saturated heterocycles. The summed E-state index contributed by atoms with van der Waals surface area (Å²) in [6, 6.07) is -0.844. The summed E-state index contributed by atoms with van der Waals surface area (Å²) >= 11 is 5.65. The molecular formula is C6H13Cl2N7O4. The Morgan fingerprint density at radius 1 is 1.37 bits per heavy atom. The molecule has 19 heavy (non-hydrogen) atoms. The molecule has 0 bridgehead atoms. The summed E-state index contributed by atoms with van der Waals surface area (Å²) in [6.07, 6.45) is 1.03. The SMILES string of the molecule is Cl.NNC(=O)N(N)c1ncc(C(N)=O)nc1Cl.O.O. The number of hydrogen-bond donors (Lipinski definition) is 4. The Morgan fingerprint density at radius 2 is 1.89 bits per heavy atom. The first-order chi connectivity index (χ1) is 7.47. The summed E-state index contributed by atoms with van der Waals surface area (Å²) in [6.45, 7) is 0. The van der Waals surface area contributed by atoms with Gasteiger partial charge in [-0.2, -0.15) is 0 Å². The molecule has 11 N–H and O–H groups in total. The molecule has 1 aromatic heterocycles. The van der Waals surface area contributed by atoms with Crippen molar-refractivity contribution in [3.8, 4) is 0 Å². The van der Waals surface area contributed by atoms with E-state index in [-0.39, 0.29) is 40.0 Å². The largest absolute Gasteiger partial charge is 0.412 e. The van der Waals surface area contributed by atoms with Crippen LogP contribution < -0.4 is 27.9 Å². The van der Waals surface area contributed by atoms with E-state index >= 15 is 0 Å². The summed E-state index contributed by atoms with van der Waals surface area (Å²) in [5.41, 5.74) is 6.58. The average molecular weight is 318 g/mol. The van der Waals surface area contributed by atoms with Gasteiger partial charge >= 0.3 is 6.03 Å². The standard InChI is InChI=1S/C6H8ClN7O2.ClH.2H2O/c7-3-5(14(10)6(16)13-9)11-1-2(12-3)4(8)15;;;/h1H,9-10H2,(H2,8,15)(H,13,16);1H;2*1H2. The lowest BCUT2D eigenvalue weighted by Crippen LogP contribution is -2.48. The monoisotopic (exact) mass is 317 g/mol. The third kappa shape index (κ3) is 5.17. The number of hydrazine groups is 2. The smallest absolute Gasteiger partial charge is 0.351 e. The number of carbonyl (C=O) groups excluding carboxylic acids is 2. The molecule has 0 radical (unpaired) electrons. The lowest BCUT2D eigenvalue weighted by atomic mass is 10.4. The van der Waals surface area contributed by atoms with Crippen LogP contribution in [0.2, 0.25) is 5.15 Å². The lowest BCUT2D eigenvalue weighted by molar-refractivity contribution is 0.0995. The number of hydrogen-bond acceptors (Lipinski definition) is 6. The van der Waals surface area contributed by atoms with E-state index in [1.807, 2.05) is 0 Å². The number of rotatable bonds is 2. The minimum Gasteiger partial charge on any atom is -0.412 e. The molecule has 1 heterocycles. The molecule has 3 amide bonds. The van der Waals surface area contributed by atoms with Gasteiger partial charge in [-0.3, -0.25) is 10.2 Å². The number of nitrogens with two attached hydrogens (primary N) is 3. The van der Waals surface area contributed by atoms with Crippen molar-refractivity contribution in [2.45, 2.75) is 0 Å². The van der Waals surface area contributed by atoms with Gasteiger partial charge in [0.1, 0.15) is 5.69 Å². The highest BCUT2D eigenvalue weighted by atomic mass is 35.5. The number of anilines is 1. The fourth-order valence-corrected chi connectivity index (χ4v) is 1.04. The van der Waals surface area contributed by atoms with E-state index in [9.17, 15) is 9.59 Å². The molecule has 1 rings (SSSR count). The zero-order valence-electron chi connectivity index (χ0n) is 9.25. The van der Waals surface area contributed by atoms with Gasteiger partial charge in [0, 0.05) is 0 Å². The number of aromatic nitrogens is 2. The summed E-state index contributed by atoms with van der Waals surface area (Å²) in [5.74, 6) is 9.21. The van der Waals surface area contributed by atoms with Gasteiger partial charge in [0.05, 0.1) is 6.20 Å². The molecule has 0 aliphatic heterocycles. The first-order valence-electron chi connectivity index (χ1n) is 3.85. The van der Waals surface area contributed by atoms with Gasteiger partial charge in [0.15, 0.2) is 11.0 Å². The highest BCUT2D eigenvalue weighted by Crippen LogP contribution is 2.18. The van der Waals surface area contributed by atoms with Gasteiger partial charge < -0.3 is 16.7 Å². The molecule has 11 nitrogen and oxygen atoms in total. The van der Waals surface area contributed by atoms with Crippen LogP contribution in [0.1, 0.15) is 10.5 Å². The van der Waals surface area contributed by atoms with E-state index in [1.54, 1.807) is 5.43 Å². The van der Waals surface area contributed by atoms with Crippen LogP contribution >= 0.6 is 24.0 Å². The van der Waals surface area contributed by atoms with Gasteiger partial charge in [0.2, 0.25) is 0 Å². The van der Waals surface area contributed by atoms with Crippen LogP contribution in [0.4, 0.5) is 10.6 Å². The van der Waals surface area contributed by atoms with E-state index in [0.29, 0.717) is 5.01 Å². The van der Waals surface area contributed by atoms with E-state index in [0.717, 1.165) is 6.20 Å². The van der Waals surface area contributed by atoms with E-state index < -0.39 is 11.9 Å². The third-order valence-electron chi connectivity index (χ3n) is 1.54. The van der Waals surface area contributed by atoms with Gasteiger partial charge in [-0.1, -0.05) is 11.6 Å². The van der Waals surface area contributed by atoms with Crippen molar-refractivity contribution in [3.63, 3.8) is 0 Å². The average Bonchev–Trinajstić information content (AvgIpc) is 2.26. The molecule has 0 spiro atoms. The minimum absolute atomic E-state index is 0. The van der Waals surface area contributed by atoms with Crippen molar-refractivity contribution < 1.29 is 20.5 Å². The Labute approximate surface area is 118 Å². The molecule has 0 aliphatic rings. The van der Waals surface area contributed by atoms with E-state index in [1.165, 1.54) is 0 Å². The molecule has 1 aromatic rings. The van der Waals surface area contributed by atoms with E-state index in [4.69, 9.17) is 29.0 Å². The molecular weight excluding hydrogens is 305 g/mol. The first-order valence-corrected chi connectivity index (χ1v) is 4.23. The first kappa shape index (κ1) is 22.4. The molecule has 0 aliphatic carbocycles. The number of primary amides is 1. The minimum atomic E-state index is -0.844. The maximum absolute atomic E-state index is 11.0. The summed E-state index contributed by atoms with van der Waals surface area (Å²) in [5, 5.41) is 0.294. The number of nitrogens with zero attached hydrogens (tertiary/aromatic N) is 3. The van der Waals surface area contributed by atoms with Crippen molar-refractivity contribution in [2.75, 3.05) is 5.01 Å². The highest BCUT2D eigenvalue weighted by Gasteiger charge is 2.17. The van der Waals surface area contributed by atoms with Crippen molar-refractivity contribution in [2.24, 2.45) is 17.4 Å². The topological polar surface area (TPSA) is 216 Å². The van der Waals surface area contributed by atoms with Gasteiger partial charge in [-0.25, -0.2) is 31.5 Å². The molecule has 0 fully saturated rings. The fourth-order valence-electron chi connectivity index (χ4n) is 0.806. The summed E-state index contributed by atoms with van der Waals surface area (Å²) in [7, 11) is 0. The quantitative estimate of drug-likeness (QED) is 0.257. The van der Waals surface area contributed by atoms with Gasteiger partial charge in [-0.15, -0.1) is 12.4 Å². The number of nitrogens with one attached hydrogen (secondary N) is 1. The van der Waals surface area contributed by atoms with Gasteiger partial charge in [-0.05, 0) is 0 Å². The van der Waals surface area contributed by atoms with Crippen molar-refractivity contribution in [1.29, 1.82) is 0 Å². The maximum Gasteiger partial charge on any atom is 0.351 e. The Hall–Kier alpha value is -1.76. The predicted molar refractivity (Wildman–Crippen MR) is 69.4 cm³/mol. The zero-order chi connectivity index (χ0) is 12.3. The van der Waals surface area contributed by atoms with Crippen LogP contribution in [0, 0.1) is 0 Å². The number of halogens is 2. The second-order valence-corrected chi connectivity index (χ2v) is 2.91. The summed E-state index contributed by atoms with van der Waals surface area (Å²) in [4.78, 5) is 29.0. The number of urea groups is 1. The molecule has 0 aromatic carbocycles. The Balaban J connectivity index is -0.000000853. The van der Waals surface area contributed by atoms with E-state index in [2.05, 4.69) is 9.97 Å². The third-order valence-corrected chi connectivity index (χ3v) is 1.79. The lowest BCUT2D eigenvalue weighted by Gasteiger charge is -2.15. The fraction of sp³-hybridized carbons (Fsp3) is 0. The molecule has 0 unspecified atom stereocenters. The predicted octanol–water partition coefficient (Wildman–Crippen LogP) is -2.74. The maximum atomic E-state index is 11.0. The van der Waals surface area contributed by atoms with Crippen LogP contribution in [0.3, 0.4) is 0 Å². The van der Waals surface area contributed by atoms with Crippen molar-refractivity contribution in [3.05, 3.63) is 17.0 Å². The normalized spacial score (nSPS) is 8.16. The Bertz CT molecular complexity index is 446. The molecule has 13 heteroatoms. The van der Waals surface area contributed by atoms with Crippen LogP contribution in [0.25, 0.3) is 0 Å². The molecule has 0 atom stereocenters. The van der Waals surface area contributed by atoms with Crippen LogP contribution in [-0.2, 0) is 0 Å².